The highest BCUT2D eigenvalue weighted by Gasteiger charge is 2.34. The van der Waals surface area contributed by atoms with E-state index in [1.165, 1.54) is 57.8 Å². The van der Waals surface area contributed by atoms with Gasteiger partial charge in [0.05, 0.1) is 24.4 Å². The topological polar surface area (TPSA) is 93.1 Å². The van der Waals surface area contributed by atoms with Crippen LogP contribution >= 0.6 is 0 Å². The summed E-state index contributed by atoms with van der Waals surface area (Å²) in [6.45, 7) is 4.15. The molecule has 6 heteroatoms. The van der Waals surface area contributed by atoms with Gasteiger partial charge in [-0.2, -0.15) is 0 Å². The minimum atomic E-state index is -0.455. The molecule has 1 saturated heterocycles. The molecule has 0 aliphatic carbocycles. The van der Waals surface area contributed by atoms with Gasteiger partial charge in [0.15, 0.2) is 0 Å². The van der Waals surface area contributed by atoms with Crippen molar-refractivity contribution in [2.24, 2.45) is 0 Å². The Hall–Kier alpha value is -1.24. The number of Topliss-reactive ketones (excluding diaryl/α,β-unsaturated/α-hetero) is 1. The van der Waals surface area contributed by atoms with Gasteiger partial charge in [-0.15, -0.1) is 0 Å². The molecule has 2 rings (SSSR count). The van der Waals surface area contributed by atoms with Crippen LogP contribution in [0.2, 0.25) is 0 Å². The van der Waals surface area contributed by atoms with E-state index in [1.54, 1.807) is 0 Å². The molecule has 43 heavy (non-hydrogen) atoms. The molecule has 0 aromatic carbocycles. The van der Waals surface area contributed by atoms with Crippen molar-refractivity contribution in [2.45, 2.75) is 211 Å². The van der Waals surface area contributed by atoms with Crippen LogP contribution in [-0.4, -0.2) is 52.5 Å². The highest BCUT2D eigenvalue weighted by Crippen LogP contribution is 2.28. The first-order chi connectivity index (χ1) is 20.9. The monoisotopic (exact) mass is 606 g/mol. The number of aliphatic hydroxyl groups excluding tert-OH is 2. The zero-order chi connectivity index (χ0) is 31.1. The van der Waals surface area contributed by atoms with Crippen LogP contribution in [0.4, 0.5) is 0 Å². The summed E-state index contributed by atoms with van der Waals surface area (Å²) in [5, 5.41) is 21.2. The molecule has 0 amide bonds. The van der Waals surface area contributed by atoms with Crippen LogP contribution in [0.5, 0.6) is 0 Å². The molecule has 250 valence electrons. The molecule has 5 unspecified atom stereocenters. The van der Waals surface area contributed by atoms with E-state index in [9.17, 15) is 19.8 Å². The number of aliphatic hydroxyl groups is 2. The Kier molecular flexibility index (Phi) is 21.2. The van der Waals surface area contributed by atoms with Crippen LogP contribution < -0.4 is 0 Å². The second-order valence-electron chi connectivity index (χ2n) is 13.5. The van der Waals surface area contributed by atoms with Gasteiger partial charge < -0.3 is 19.7 Å². The molecule has 0 aromatic heterocycles. The van der Waals surface area contributed by atoms with Crippen molar-refractivity contribution in [3.8, 4) is 0 Å². The molecular weight excluding hydrogens is 540 g/mol. The first-order valence-corrected chi connectivity index (χ1v) is 18.4. The molecule has 2 heterocycles. The van der Waals surface area contributed by atoms with Gasteiger partial charge in [0.1, 0.15) is 11.9 Å². The Labute approximate surface area is 263 Å². The van der Waals surface area contributed by atoms with Gasteiger partial charge in [-0.3, -0.25) is 4.79 Å². The minimum absolute atomic E-state index is 0.0794. The average Bonchev–Trinajstić information content (AvgIpc) is 3.61. The van der Waals surface area contributed by atoms with Crippen LogP contribution in [0, 0.1) is 0 Å². The summed E-state index contributed by atoms with van der Waals surface area (Å²) in [4.78, 5) is 23.8. The van der Waals surface area contributed by atoms with Crippen molar-refractivity contribution in [2.75, 3.05) is 0 Å². The summed E-state index contributed by atoms with van der Waals surface area (Å²) in [6, 6.07) is 0. The smallest absolute Gasteiger partial charge is 0.334 e. The second kappa shape index (κ2) is 24.1. The second-order valence-corrected chi connectivity index (χ2v) is 13.5. The predicted octanol–water partition coefficient (Wildman–Crippen LogP) is 9.08. The highest BCUT2D eigenvalue weighted by molar-refractivity contribution is 5.90. The quantitative estimate of drug-likeness (QED) is 0.0682. The Balaban J connectivity index is 1.36. The number of hydrogen-bond donors (Lipinski definition) is 2. The third-order valence-electron chi connectivity index (χ3n) is 9.40. The van der Waals surface area contributed by atoms with Crippen LogP contribution in [0.1, 0.15) is 181 Å². The molecule has 6 nitrogen and oxygen atoms in total. The molecule has 0 spiro atoms. The van der Waals surface area contributed by atoms with Crippen molar-refractivity contribution >= 4 is 11.8 Å². The maximum Gasteiger partial charge on any atom is 0.334 e. The largest absolute Gasteiger partial charge is 0.455 e. The SMILES string of the molecule is CCCCCCCCCCCCC(O)C1CCC(C(O)CCCCCCC(=O)CCCCCCCC2=CC(C)OC2=O)O1. The Morgan fingerprint density at radius 1 is 0.721 bits per heavy atom. The summed E-state index contributed by atoms with van der Waals surface area (Å²) in [5.74, 6) is 0.214. The number of esters is 1. The molecule has 2 aliphatic rings. The van der Waals surface area contributed by atoms with E-state index in [-0.39, 0.29) is 24.3 Å². The Morgan fingerprint density at radius 3 is 1.63 bits per heavy atom. The lowest BCUT2D eigenvalue weighted by molar-refractivity contribution is -0.139. The zero-order valence-electron chi connectivity index (χ0n) is 27.9. The number of cyclic esters (lactones) is 1. The number of ketones is 1. The molecule has 0 bridgehead atoms. The van der Waals surface area contributed by atoms with Crippen molar-refractivity contribution in [3.05, 3.63) is 11.6 Å². The van der Waals surface area contributed by atoms with Crippen molar-refractivity contribution in [3.63, 3.8) is 0 Å². The summed E-state index contributed by atoms with van der Waals surface area (Å²) in [6.07, 6.45) is 28.3. The number of carbonyl (C=O) groups excluding carboxylic acids is 2. The third-order valence-corrected chi connectivity index (χ3v) is 9.40. The van der Waals surface area contributed by atoms with Gasteiger partial charge in [0, 0.05) is 18.4 Å². The van der Waals surface area contributed by atoms with E-state index in [0.717, 1.165) is 102 Å². The first-order valence-electron chi connectivity index (χ1n) is 18.4. The molecule has 0 aromatic rings. The normalized spacial score (nSPS) is 21.6. The summed E-state index contributed by atoms with van der Waals surface area (Å²) in [5.41, 5.74) is 0.822. The fourth-order valence-electron chi connectivity index (χ4n) is 6.61. The van der Waals surface area contributed by atoms with E-state index in [0.29, 0.717) is 18.6 Å². The summed E-state index contributed by atoms with van der Waals surface area (Å²) >= 11 is 0. The Morgan fingerprint density at radius 2 is 1.16 bits per heavy atom. The van der Waals surface area contributed by atoms with E-state index in [1.807, 2.05) is 13.0 Å². The van der Waals surface area contributed by atoms with Crippen molar-refractivity contribution in [1.29, 1.82) is 0 Å². The number of ether oxygens (including phenoxy) is 2. The highest BCUT2D eigenvalue weighted by atomic mass is 16.5. The number of carbonyl (C=O) groups is 2. The number of hydrogen-bond acceptors (Lipinski definition) is 6. The van der Waals surface area contributed by atoms with Crippen molar-refractivity contribution < 1.29 is 29.3 Å². The summed E-state index contributed by atoms with van der Waals surface area (Å²) < 4.78 is 11.2. The fourth-order valence-corrected chi connectivity index (χ4v) is 6.61. The van der Waals surface area contributed by atoms with E-state index in [4.69, 9.17) is 9.47 Å². The van der Waals surface area contributed by atoms with Gasteiger partial charge in [-0.25, -0.2) is 4.79 Å². The van der Waals surface area contributed by atoms with Gasteiger partial charge in [-0.1, -0.05) is 110 Å². The van der Waals surface area contributed by atoms with Gasteiger partial charge in [0.25, 0.3) is 0 Å². The van der Waals surface area contributed by atoms with Crippen LogP contribution in [0.3, 0.4) is 0 Å². The van der Waals surface area contributed by atoms with E-state index >= 15 is 0 Å². The van der Waals surface area contributed by atoms with E-state index in [2.05, 4.69) is 6.92 Å². The lowest BCUT2D eigenvalue weighted by atomic mass is 9.99. The first kappa shape index (κ1) is 37.9. The molecule has 0 saturated carbocycles. The molecule has 5 atom stereocenters. The molecule has 2 N–H and O–H groups in total. The Bertz CT molecular complexity index is 764. The average molecular weight is 607 g/mol. The van der Waals surface area contributed by atoms with E-state index < -0.39 is 12.2 Å². The lowest BCUT2D eigenvalue weighted by Gasteiger charge is -2.22. The maximum atomic E-state index is 12.2. The summed E-state index contributed by atoms with van der Waals surface area (Å²) in [7, 11) is 0. The zero-order valence-corrected chi connectivity index (χ0v) is 27.9. The van der Waals surface area contributed by atoms with Crippen LogP contribution in [0.15, 0.2) is 11.6 Å². The third kappa shape index (κ3) is 17.7. The van der Waals surface area contributed by atoms with Gasteiger partial charge in [-0.05, 0) is 64.4 Å². The van der Waals surface area contributed by atoms with Gasteiger partial charge in [0.2, 0.25) is 0 Å². The predicted molar refractivity (Wildman–Crippen MR) is 175 cm³/mol. The molecule has 1 fully saturated rings. The van der Waals surface area contributed by atoms with Gasteiger partial charge >= 0.3 is 5.97 Å². The maximum absolute atomic E-state index is 12.2. The fraction of sp³-hybridized carbons (Fsp3) is 0.892. The van der Waals surface area contributed by atoms with Crippen LogP contribution in [-0.2, 0) is 19.1 Å². The molecular formula is C37H66O6. The standard InChI is InChI=1S/C37H66O6/c1-3-4-5-6-7-8-9-10-14-20-25-33(39)35-27-28-36(43-35)34(40)26-21-16-15-19-24-32(38)23-18-13-11-12-17-22-31-29-30(2)42-37(31)41/h29-30,33-36,39-40H,3-28H2,1-2H3. The molecule has 0 radical (unpaired) electrons. The lowest BCUT2D eigenvalue weighted by Crippen LogP contribution is -2.31. The van der Waals surface area contributed by atoms with Crippen molar-refractivity contribution in [1.82, 2.24) is 0 Å². The molecule has 2 aliphatic heterocycles. The number of rotatable bonds is 28. The number of unbranched alkanes of at least 4 members (excludes halogenated alkanes) is 16. The minimum Gasteiger partial charge on any atom is -0.455 e. The van der Waals surface area contributed by atoms with Crippen LogP contribution in [0.25, 0.3) is 0 Å².